The number of aliphatic hydroxyl groups excluding tert-OH is 1. The van der Waals surface area contributed by atoms with Crippen molar-refractivity contribution in [2.24, 2.45) is 0 Å². The summed E-state index contributed by atoms with van der Waals surface area (Å²) in [6.45, 7) is 0. The molecule has 1 N–H and O–H groups in total. The molecular formula is C15H14Br2O. The van der Waals surface area contributed by atoms with Crippen molar-refractivity contribution in [1.29, 1.82) is 0 Å². The van der Waals surface area contributed by atoms with Crippen LogP contribution in [0.5, 0.6) is 0 Å². The molecule has 0 saturated heterocycles. The monoisotopic (exact) mass is 368 g/mol. The molecule has 0 saturated carbocycles. The lowest BCUT2D eigenvalue weighted by Gasteiger charge is -2.11. The van der Waals surface area contributed by atoms with Gasteiger partial charge in [-0.1, -0.05) is 56.1 Å². The van der Waals surface area contributed by atoms with Crippen molar-refractivity contribution in [3.8, 4) is 0 Å². The molecule has 94 valence electrons. The molecule has 1 nitrogen and oxygen atoms in total. The molecule has 0 aliphatic heterocycles. The highest BCUT2D eigenvalue weighted by atomic mass is 79.9. The minimum atomic E-state index is -0.347. The molecule has 0 amide bonds. The minimum absolute atomic E-state index is 0.347. The van der Waals surface area contributed by atoms with E-state index < -0.39 is 0 Å². The zero-order valence-corrected chi connectivity index (χ0v) is 13.0. The van der Waals surface area contributed by atoms with E-state index in [1.807, 2.05) is 48.5 Å². The van der Waals surface area contributed by atoms with Crippen LogP contribution in [0.1, 0.15) is 11.1 Å². The van der Waals surface area contributed by atoms with Crippen molar-refractivity contribution in [3.63, 3.8) is 0 Å². The molecule has 0 aliphatic carbocycles. The highest BCUT2D eigenvalue weighted by Gasteiger charge is 2.07. The number of benzene rings is 2. The van der Waals surface area contributed by atoms with E-state index in [4.69, 9.17) is 0 Å². The second kappa shape index (κ2) is 6.50. The quantitative estimate of drug-likeness (QED) is 0.848. The summed E-state index contributed by atoms with van der Waals surface area (Å²) >= 11 is 6.85. The fraction of sp³-hybridized carbons (Fsp3) is 0.200. The van der Waals surface area contributed by atoms with E-state index in [9.17, 15) is 5.11 Å². The summed E-state index contributed by atoms with van der Waals surface area (Å²) in [5.41, 5.74) is 2.30. The number of halogens is 2. The highest BCUT2D eigenvalue weighted by Crippen LogP contribution is 2.16. The summed E-state index contributed by atoms with van der Waals surface area (Å²) in [5.74, 6) is 0. The molecule has 1 unspecified atom stereocenters. The van der Waals surface area contributed by atoms with Crippen LogP contribution >= 0.6 is 31.9 Å². The van der Waals surface area contributed by atoms with Crippen LogP contribution in [-0.4, -0.2) is 11.2 Å². The number of hydrogen-bond acceptors (Lipinski definition) is 1. The van der Waals surface area contributed by atoms with Gasteiger partial charge in [-0.15, -0.1) is 0 Å². The van der Waals surface area contributed by atoms with E-state index in [-0.39, 0.29) is 6.10 Å². The summed E-state index contributed by atoms with van der Waals surface area (Å²) in [6, 6.07) is 16.1. The average Bonchev–Trinajstić information content (AvgIpc) is 2.32. The van der Waals surface area contributed by atoms with Gasteiger partial charge in [-0.25, -0.2) is 0 Å². The van der Waals surface area contributed by atoms with Crippen molar-refractivity contribution in [1.82, 2.24) is 0 Å². The summed E-state index contributed by atoms with van der Waals surface area (Å²) in [4.78, 5) is 0. The number of rotatable bonds is 4. The van der Waals surface area contributed by atoms with Crippen LogP contribution in [0.25, 0.3) is 0 Å². The van der Waals surface area contributed by atoms with Crippen molar-refractivity contribution in [2.75, 3.05) is 0 Å². The average molecular weight is 370 g/mol. The molecule has 2 aromatic carbocycles. The van der Waals surface area contributed by atoms with E-state index in [2.05, 4.69) is 31.9 Å². The maximum absolute atomic E-state index is 10.1. The summed E-state index contributed by atoms with van der Waals surface area (Å²) in [7, 11) is 0. The molecule has 0 aromatic heterocycles. The van der Waals surface area contributed by atoms with E-state index in [0.717, 1.165) is 20.1 Å². The standard InChI is InChI=1S/C15H14Br2O/c16-13-6-4-11(5-7-13)9-15(18)10-12-2-1-3-14(17)8-12/h1-8,15,18H,9-10H2. The Morgan fingerprint density at radius 2 is 1.50 bits per heavy atom. The van der Waals surface area contributed by atoms with Gasteiger partial charge in [0.15, 0.2) is 0 Å². The summed E-state index contributed by atoms with van der Waals surface area (Å²) in [5, 5.41) is 10.1. The molecule has 0 fully saturated rings. The second-order valence-corrected chi connectivity index (χ2v) is 6.15. The Balaban J connectivity index is 1.96. The maximum atomic E-state index is 10.1. The SMILES string of the molecule is OC(Cc1ccc(Br)cc1)Cc1cccc(Br)c1. The normalized spacial score (nSPS) is 12.4. The van der Waals surface area contributed by atoms with E-state index in [1.165, 1.54) is 0 Å². The lowest BCUT2D eigenvalue weighted by atomic mass is 10.0. The molecule has 0 aliphatic rings. The van der Waals surface area contributed by atoms with Crippen molar-refractivity contribution >= 4 is 31.9 Å². The Labute approximate surface area is 124 Å². The first-order valence-electron chi connectivity index (χ1n) is 5.80. The van der Waals surface area contributed by atoms with Crippen LogP contribution in [0.4, 0.5) is 0 Å². The molecule has 0 heterocycles. The Morgan fingerprint density at radius 3 is 2.17 bits per heavy atom. The summed E-state index contributed by atoms with van der Waals surface area (Å²) in [6.07, 6.45) is 1.01. The Morgan fingerprint density at radius 1 is 0.833 bits per heavy atom. The molecule has 2 rings (SSSR count). The lowest BCUT2D eigenvalue weighted by Crippen LogP contribution is -2.13. The third kappa shape index (κ3) is 4.23. The molecule has 18 heavy (non-hydrogen) atoms. The first kappa shape index (κ1) is 13.8. The molecule has 0 bridgehead atoms. The first-order chi connectivity index (χ1) is 8.63. The van der Waals surface area contributed by atoms with Crippen LogP contribution in [0.3, 0.4) is 0 Å². The molecular weight excluding hydrogens is 356 g/mol. The van der Waals surface area contributed by atoms with Gasteiger partial charge in [0.25, 0.3) is 0 Å². The number of hydrogen-bond donors (Lipinski definition) is 1. The Kier molecular flexibility index (Phi) is 4.98. The van der Waals surface area contributed by atoms with Gasteiger partial charge < -0.3 is 5.11 Å². The largest absolute Gasteiger partial charge is 0.392 e. The fourth-order valence-electron chi connectivity index (χ4n) is 1.90. The predicted molar refractivity (Wildman–Crippen MR) is 81.7 cm³/mol. The highest BCUT2D eigenvalue weighted by molar-refractivity contribution is 9.10. The van der Waals surface area contributed by atoms with Gasteiger partial charge in [0.1, 0.15) is 0 Å². The van der Waals surface area contributed by atoms with Crippen molar-refractivity contribution in [2.45, 2.75) is 18.9 Å². The van der Waals surface area contributed by atoms with E-state index in [1.54, 1.807) is 0 Å². The molecule has 1 atom stereocenters. The van der Waals surface area contributed by atoms with E-state index >= 15 is 0 Å². The van der Waals surface area contributed by atoms with Gasteiger partial charge in [0.05, 0.1) is 6.10 Å². The third-order valence-corrected chi connectivity index (χ3v) is 3.77. The van der Waals surface area contributed by atoms with Gasteiger partial charge in [0.2, 0.25) is 0 Å². The van der Waals surface area contributed by atoms with Gasteiger partial charge in [0, 0.05) is 8.95 Å². The van der Waals surface area contributed by atoms with Crippen molar-refractivity contribution in [3.05, 3.63) is 68.6 Å². The fourth-order valence-corrected chi connectivity index (χ4v) is 2.61. The van der Waals surface area contributed by atoms with Gasteiger partial charge in [-0.2, -0.15) is 0 Å². The number of aliphatic hydroxyl groups is 1. The smallest absolute Gasteiger partial charge is 0.0620 e. The zero-order valence-electron chi connectivity index (χ0n) is 9.81. The lowest BCUT2D eigenvalue weighted by molar-refractivity contribution is 0.175. The van der Waals surface area contributed by atoms with Crippen molar-refractivity contribution < 1.29 is 5.11 Å². The third-order valence-electron chi connectivity index (χ3n) is 2.74. The Hall–Kier alpha value is -0.640. The second-order valence-electron chi connectivity index (χ2n) is 4.32. The van der Waals surface area contributed by atoms with Gasteiger partial charge in [-0.3, -0.25) is 0 Å². The van der Waals surface area contributed by atoms with Gasteiger partial charge in [-0.05, 0) is 48.2 Å². The van der Waals surface area contributed by atoms with Crippen LogP contribution in [-0.2, 0) is 12.8 Å². The predicted octanol–water partition coefficient (Wildman–Crippen LogP) is 4.36. The molecule has 0 radical (unpaired) electrons. The zero-order chi connectivity index (χ0) is 13.0. The van der Waals surface area contributed by atoms with Gasteiger partial charge >= 0.3 is 0 Å². The minimum Gasteiger partial charge on any atom is -0.392 e. The molecule has 2 aromatic rings. The van der Waals surface area contributed by atoms with Crippen LogP contribution < -0.4 is 0 Å². The first-order valence-corrected chi connectivity index (χ1v) is 7.39. The Bertz CT molecular complexity index is 508. The van der Waals surface area contributed by atoms with Crippen LogP contribution in [0.15, 0.2) is 57.5 Å². The maximum Gasteiger partial charge on any atom is 0.0620 e. The molecule has 3 heteroatoms. The summed E-state index contributed by atoms with van der Waals surface area (Å²) < 4.78 is 2.11. The van der Waals surface area contributed by atoms with Crippen LogP contribution in [0.2, 0.25) is 0 Å². The van der Waals surface area contributed by atoms with Crippen LogP contribution in [0, 0.1) is 0 Å². The topological polar surface area (TPSA) is 20.2 Å². The molecule has 0 spiro atoms. The van der Waals surface area contributed by atoms with E-state index in [0.29, 0.717) is 12.8 Å².